The summed E-state index contributed by atoms with van der Waals surface area (Å²) in [6.45, 7) is 1.10. The molecule has 0 saturated carbocycles. The maximum absolute atomic E-state index is 13.2. The van der Waals surface area contributed by atoms with Crippen molar-refractivity contribution in [3.8, 4) is 5.75 Å². The molecule has 130 valence electrons. The first-order chi connectivity index (χ1) is 12.1. The third-order valence-electron chi connectivity index (χ3n) is 4.48. The lowest BCUT2D eigenvalue weighted by molar-refractivity contribution is 0.299. The fourth-order valence-electron chi connectivity index (χ4n) is 3.27. The van der Waals surface area contributed by atoms with Crippen molar-refractivity contribution in [2.45, 2.75) is 16.8 Å². The van der Waals surface area contributed by atoms with E-state index in [1.807, 2.05) is 42.6 Å². The summed E-state index contributed by atoms with van der Waals surface area (Å²) in [6.07, 6.45) is 2.00. The molecule has 2 aromatic heterocycles. The normalized spacial score (nSPS) is 18.0. The fraction of sp³-hybridized carbons (Fsp3) is 0.222. The van der Waals surface area contributed by atoms with Gasteiger partial charge in [-0.15, -0.1) is 11.3 Å². The Morgan fingerprint density at radius 1 is 1.08 bits per heavy atom. The molecule has 0 unspecified atom stereocenters. The van der Waals surface area contributed by atoms with Crippen molar-refractivity contribution in [2.75, 3.05) is 13.7 Å². The first kappa shape index (κ1) is 16.4. The van der Waals surface area contributed by atoms with Crippen LogP contribution in [0.2, 0.25) is 0 Å². The van der Waals surface area contributed by atoms with Gasteiger partial charge in [0.2, 0.25) is 0 Å². The van der Waals surface area contributed by atoms with E-state index < -0.39 is 10.0 Å². The Bertz CT molecular complexity index is 960. The highest BCUT2D eigenvalue weighted by molar-refractivity contribution is 7.91. The molecule has 0 amide bonds. The Labute approximate surface area is 151 Å². The maximum Gasteiger partial charge on any atom is 0.253 e. The number of nitrogens with zero attached hydrogens (tertiary/aromatic N) is 2. The van der Waals surface area contributed by atoms with Gasteiger partial charge in [0.1, 0.15) is 9.96 Å². The van der Waals surface area contributed by atoms with Crippen LogP contribution >= 0.6 is 11.3 Å². The molecule has 1 aliphatic rings. The molecule has 1 atom stereocenters. The summed E-state index contributed by atoms with van der Waals surface area (Å²) in [4.78, 5) is 0. The summed E-state index contributed by atoms with van der Waals surface area (Å²) in [5, 5.41) is 1.79. The van der Waals surface area contributed by atoms with Gasteiger partial charge in [-0.05, 0) is 41.3 Å². The molecule has 5 nitrogen and oxygen atoms in total. The van der Waals surface area contributed by atoms with Crippen LogP contribution in [0.3, 0.4) is 0 Å². The zero-order chi connectivity index (χ0) is 17.4. The van der Waals surface area contributed by atoms with E-state index in [0.29, 0.717) is 17.3 Å². The monoisotopic (exact) mass is 374 g/mol. The Hall–Kier alpha value is -2.09. The van der Waals surface area contributed by atoms with Gasteiger partial charge in [-0.25, -0.2) is 8.42 Å². The molecule has 3 heterocycles. The first-order valence-corrected chi connectivity index (χ1v) is 10.3. The predicted octanol–water partition coefficient (Wildman–Crippen LogP) is 3.35. The van der Waals surface area contributed by atoms with Gasteiger partial charge in [0.25, 0.3) is 10.0 Å². The number of methoxy groups -OCH3 is 1. The Balaban J connectivity index is 1.83. The van der Waals surface area contributed by atoms with Crippen LogP contribution in [0.5, 0.6) is 5.75 Å². The molecule has 0 spiro atoms. The molecule has 3 aromatic rings. The standard InChI is InChI=1S/C18H18N2O3S2/c1-23-15-8-6-14(7-9-15)18-16-4-2-10-19(16)11-12-20(18)25(21,22)17-5-3-13-24-17/h2-10,13,18H,11-12H2,1H3/t18-/m1/s1. The Morgan fingerprint density at radius 3 is 2.56 bits per heavy atom. The van der Waals surface area contributed by atoms with E-state index >= 15 is 0 Å². The second kappa shape index (κ2) is 6.33. The van der Waals surface area contributed by atoms with Crippen molar-refractivity contribution in [1.82, 2.24) is 8.87 Å². The lowest BCUT2D eigenvalue weighted by Crippen LogP contribution is -2.42. The minimum Gasteiger partial charge on any atom is -0.497 e. The van der Waals surface area contributed by atoms with E-state index in [0.717, 1.165) is 17.0 Å². The second-order valence-electron chi connectivity index (χ2n) is 5.85. The van der Waals surface area contributed by atoms with E-state index in [1.165, 1.54) is 11.3 Å². The summed E-state index contributed by atoms with van der Waals surface area (Å²) >= 11 is 1.25. The largest absolute Gasteiger partial charge is 0.497 e. The van der Waals surface area contributed by atoms with Crippen LogP contribution in [-0.4, -0.2) is 30.9 Å². The lowest BCUT2D eigenvalue weighted by Gasteiger charge is -2.36. The molecule has 0 bridgehead atoms. The summed E-state index contributed by atoms with van der Waals surface area (Å²) < 4.78 is 35.7. The summed E-state index contributed by atoms with van der Waals surface area (Å²) in [6, 6.07) is 14.7. The number of thiophene rings is 1. The molecule has 0 fully saturated rings. The van der Waals surface area contributed by atoms with E-state index in [-0.39, 0.29) is 6.04 Å². The van der Waals surface area contributed by atoms with Gasteiger partial charge in [0.05, 0.1) is 13.2 Å². The van der Waals surface area contributed by atoms with Crippen molar-refractivity contribution in [2.24, 2.45) is 0 Å². The van der Waals surface area contributed by atoms with Crippen molar-refractivity contribution >= 4 is 21.4 Å². The van der Waals surface area contributed by atoms with Crippen molar-refractivity contribution in [3.05, 3.63) is 71.4 Å². The van der Waals surface area contributed by atoms with Crippen molar-refractivity contribution < 1.29 is 13.2 Å². The minimum atomic E-state index is -3.55. The zero-order valence-corrected chi connectivity index (χ0v) is 15.3. The quantitative estimate of drug-likeness (QED) is 0.704. The van der Waals surface area contributed by atoms with Crippen LogP contribution < -0.4 is 4.74 Å². The fourth-order valence-corrected chi connectivity index (χ4v) is 5.97. The molecule has 7 heteroatoms. The molecule has 1 aromatic carbocycles. The zero-order valence-electron chi connectivity index (χ0n) is 13.7. The lowest BCUT2D eigenvalue weighted by atomic mass is 10.0. The average Bonchev–Trinajstić information content (AvgIpc) is 3.32. The van der Waals surface area contributed by atoms with Crippen LogP contribution in [0.25, 0.3) is 0 Å². The van der Waals surface area contributed by atoms with Gasteiger partial charge >= 0.3 is 0 Å². The van der Waals surface area contributed by atoms with Gasteiger partial charge in [-0.3, -0.25) is 0 Å². The van der Waals surface area contributed by atoms with Gasteiger partial charge in [0, 0.05) is 25.0 Å². The highest BCUT2D eigenvalue weighted by Gasteiger charge is 2.37. The van der Waals surface area contributed by atoms with Crippen LogP contribution in [0.4, 0.5) is 0 Å². The summed E-state index contributed by atoms with van der Waals surface area (Å²) in [7, 11) is -1.93. The van der Waals surface area contributed by atoms with Gasteiger partial charge in [-0.1, -0.05) is 18.2 Å². The molecule has 0 radical (unpaired) electrons. The smallest absolute Gasteiger partial charge is 0.253 e. The van der Waals surface area contributed by atoms with Crippen LogP contribution in [0.15, 0.2) is 64.3 Å². The molecule has 0 saturated heterocycles. The second-order valence-corrected chi connectivity index (χ2v) is 8.92. The predicted molar refractivity (Wildman–Crippen MR) is 97.5 cm³/mol. The van der Waals surface area contributed by atoms with E-state index in [2.05, 4.69) is 4.57 Å². The SMILES string of the molecule is COc1ccc([C@@H]2c3cccn3CCN2S(=O)(=O)c2cccs2)cc1. The van der Waals surface area contributed by atoms with Crippen LogP contribution in [-0.2, 0) is 16.6 Å². The molecule has 1 aliphatic heterocycles. The maximum atomic E-state index is 13.2. The van der Waals surface area contributed by atoms with Crippen LogP contribution in [0.1, 0.15) is 17.3 Å². The number of hydrogen-bond donors (Lipinski definition) is 0. The van der Waals surface area contributed by atoms with E-state index in [9.17, 15) is 8.42 Å². The van der Waals surface area contributed by atoms with Gasteiger partial charge in [-0.2, -0.15) is 4.31 Å². The Kier molecular flexibility index (Phi) is 4.15. The highest BCUT2D eigenvalue weighted by Crippen LogP contribution is 2.37. The molecule has 0 N–H and O–H groups in total. The van der Waals surface area contributed by atoms with E-state index in [4.69, 9.17) is 4.74 Å². The molecule has 25 heavy (non-hydrogen) atoms. The number of sulfonamides is 1. The third kappa shape index (κ3) is 2.78. The number of benzene rings is 1. The molecule has 0 aliphatic carbocycles. The van der Waals surface area contributed by atoms with Crippen molar-refractivity contribution in [1.29, 1.82) is 0 Å². The van der Waals surface area contributed by atoms with Gasteiger partial charge < -0.3 is 9.30 Å². The summed E-state index contributed by atoms with van der Waals surface area (Å²) in [5.41, 5.74) is 1.91. The van der Waals surface area contributed by atoms with Crippen LogP contribution in [0, 0.1) is 0 Å². The van der Waals surface area contributed by atoms with Gasteiger partial charge in [0.15, 0.2) is 0 Å². The summed E-state index contributed by atoms with van der Waals surface area (Å²) in [5.74, 6) is 0.752. The highest BCUT2D eigenvalue weighted by atomic mass is 32.2. The number of fused-ring (bicyclic) bond motifs is 1. The van der Waals surface area contributed by atoms with Crippen molar-refractivity contribution in [3.63, 3.8) is 0 Å². The number of rotatable bonds is 4. The molecule has 4 rings (SSSR count). The number of aromatic nitrogens is 1. The average molecular weight is 374 g/mol. The number of ether oxygens (including phenoxy) is 1. The molecular formula is C18H18N2O3S2. The first-order valence-electron chi connectivity index (χ1n) is 7.95. The Morgan fingerprint density at radius 2 is 1.88 bits per heavy atom. The topological polar surface area (TPSA) is 51.5 Å². The third-order valence-corrected chi connectivity index (χ3v) is 7.72. The number of hydrogen-bond acceptors (Lipinski definition) is 4. The minimum absolute atomic E-state index is 0.346. The van der Waals surface area contributed by atoms with E-state index in [1.54, 1.807) is 28.9 Å². The molecular weight excluding hydrogens is 356 g/mol.